The Hall–Kier alpha value is -1.61. The average Bonchev–Trinajstić information content (AvgIpc) is 2.56. The molecule has 2 rings (SSSR count). The van der Waals surface area contributed by atoms with Crippen LogP contribution >= 0.6 is 12.2 Å². The number of rotatable bonds is 8. The number of ether oxygens (including phenoxy) is 1. The van der Waals surface area contributed by atoms with Gasteiger partial charge in [-0.2, -0.15) is 0 Å². The summed E-state index contributed by atoms with van der Waals surface area (Å²) >= 11 is 5.33. The molecule has 0 aliphatic heterocycles. The number of aryl methyl sites for hydroxylation is 1. The van der Waals surface area contributed by atoms with Crippen LogP contribution in [-0.4, -0.2) is 18.6 Å². The van der Waals surface area contributed by atoms with Crippen LogP contribution in [0, 0.1) is 0 Å². The summed E-state index contributed by atoms with van der Waals surface area (Å²) in [6.07, 6.45) is 5.52. The first-order chi connectivity index (χ1) is 10.7. The molecule has 0 saturated heterocycles. The number of benzene rings is 2. The molecule has 0 amide bonds. The number of nitrogens with one attached hydrogen (secondary N) is 1. The average molecular weight is 315 g/mol. The van der Waals surface area contributed by atoms with E-state index in [0.717, 1.165) is 36.5 Å². The molecule has 0 atom stereocenters. The zero-order valence-electron chi connectivity index (χ0n) is 13.5. The van der Waals surface area contributed by atoms with Crippen molar-refractivity contribution in [3.8, 4) is 5.75 Å². The van der Waals surface area contributed by atoms with Crippen molar-refractivity contribution in [3.63, 3.8) is 0 Å². The molecule has 0 unspecified atom stereocenters. The van der Waals surface area contributed by atoms with E-state index in [1.165, 1.54) is 29.2 Å². The second kappa shape index (κ2) is 8.74. The van der Waals surface area contributed by atoms with Gasteiger partial charge in [-0.3, -0.25) is 0 Å². The Kier molecular flexibility index (Phi) is 6.66. The third kappa shape index (κ3) is 4.70. The van der Waals surface area contributed by atoms with Crippen LogP contribution in [0.1, 0.15) is 38.2 Å². The number of methoxy groups -OCH3 is 1. The maximum Gasteiger partial charge on any atom is 0.119 e. The molecule has 0 fully saturated rings. The molecule has 2 nitrogen and oxygen atoms in total. The fourth-order valence-electron chi connectivity index (χ4n) is 2.59. The highest BCUT2D eigenvalue weighted by Crippen LogP contribution is 2.24. The summed E-state index contributed by atoms with van der Waals surface area (Å²) in [4.78, 5) is 1.00. The fraction of sp³-hybridized carbons (Fsp3) is 0.421. The number of fused-ring (bicyclic) bond motifs is 1. The standard InChI is InChI=1S/C19H25NOS/c1-3-4-10-19(22)20-13-6-9-15-7-5-8-16-11-12-17(21-2)14-18(15)16/h5,7-8,11-12,14H,3-4,6,9-10,13H2,1-2H3,(H,20,22). The van der Waals surface area contributed by atoms with E-state index in [0.29, 0.717) is 0 Å². The van der Waals surface area contributed by atoms with E-state index >= 15 is 0 Å². The molecular formula is C19H25NOS. The molecule has 22 heavy (non-hydrogen) atoms. The SMILES string of the molecule is CCCCC(=S)NCCCc1cccc2ccc(OC)cc12. The van der Waals surface area contributed by atoms with Crippen LogP contribution in [-0.2, 0) is 6.42 Å². The number of hydrogen-bond donors (Lipinski definition) is 1. The summed E-state index contributed by atoms with van der Waals surface area (Å²) in [7, 11) is 1.71. The first-order valence-corrected chi connectivity index (χ1v) is 8.47. The molecule has 1 N–H and O–H groups in total. The minimum atomic E-state index is 0.916. The highest BCUT2D eigenvalue weighted by atomic mass is 32.1. The lowest BCUT2D eigenvalue weighted by Crippen LogP contribution is -2.22. The van der Waals surface area contributed by atoms with E-state index in [1.807, 2.05) is 6.07 Å². The van der Waals surface area contributed by atoms with E-state index in [1.54, 1.807) is 7.11 Å². The Morgan fingerprint density at radius 1 is 1.18 bits per heavy atom. The largest absolute Gasteiger partial charge is 0.497 e. The summed E-state index contributed by atoms with van der Waals surface area (Å²) in [6, 6.07) is 12.7. The minimum absolute atomic E-state index is 0.916. The lowest BCUT2D eigenvalue weighted by molar-refractivity contribution is 0.415. The van der Waals surface area contributed by atoms with Gasteiger partial charge in [-0.15, -0.1) is 0 Å². The lowest BCUT2D eigenvalue weighted by atomic mass is 10.0. The molecule has 0 saturated carbocycles. The van der Waals surface area contributed by atoms with Crippen LogP contribution in [0.5, 0.6) is 5.75 Å². The van der Waals surface area contributed by atoms with Crippen molar-refractivity contribution in [2.45, 2.75) is 39.0 Å². The molecule has 0 radical (unpaired) electrons. The molecule has 0 heterocycles. The zero-order chi connectivity index (χ0) is 15.8. The molecule has 0 spiro atoms. The van der Waals surface area contributed by atoms with Crippen molar-refractivity contribution in [3.05, 3.63) is 42.0 Å². The molecule has 0 aliphatic rings. The van der Waals surface area contributed by atoms with E-state index in [-0.39, 0.29) is 0 Å². The summed E-state index contributed by atoms with van der Waals surface area (Å²) in [6.45, 7) is 3.14. The molecule has 2 aromatic carbocycles. The van der Waals surface area contributed by atoms with Gasteiger partial charge in [0.1, 0.15) is 5.75 Å². The van der Waals surface area contributed by atoms with Crippen molar-refractivity contribution >= 4 is 28.0 Å². The Morgan fingerprint density at radius 3 is 2.82 bits per heavy atom. The normalized spacial score (nSPS) is 10.6. The Morgan fingerprint density at radius 2 is 2.05 bits per heavy atom. The predicted octanol–water partition coefficient (Wildman–Crippen LogP) is 4.89. The lowest BCUT2D eigenvalue weighted by Gasteiger charge is -2.10. The summed E-state index contributed by atoms with van der Waals surface area (Å²) < 4.78 is 5.34. The van der Waals surface area contributed by atoms with Gasteiger partial charge in [0, 0.05) is 6.54 Å². The predicted molar refractivity (Wildman–Crippen MR) is 98.9 cm³/mol. The Bertz CT molecular complexity index is 624. The maximum atomic E-state index is 5.34. The van der Waals surface area contributed by atoms with Gasteiger partial charge in [0.2, 0.25) is 0 Å². The first kappa shape index (κ1) is 16.8. The van der Waals surface area contributed by atoms with Gasteiger partial charge in [-0.25, -0.2) is 0 Å². The monoisotopic (exact) mass is 315 g/mol. The van der Waals surface area contributed by atoms with Crippen molar-refractivity contribution in [1.82, 2.24) is 5.32 Å². The third-order valence-corrected chi connectivity index (χ3v) is 4.23. The molecule has 0 aromatic heterocycles. The van der Waals surface area contributed by atoms with E-state index < -0.39 is 0 Å². The molecule has 2 aromatic rings. The Labute approximate surface area is 138 Å². The fourth-order valence-corrected chi connectivity index (χ4v) is 2.84. The van der Waals surface area contributed by atoms with Gasteiger partial charge in [0.15, 0.2) is 0 Å². The first-order valence-electron chi connectivity index (χ1n) is 8.07. The minimum Gasteiger partial charge on any atom is -0.497 e. The second-order valence-electron chi connectivity index (χ2n) is 5.56. The number of thiocarbonyl (C=S) groups is 1. The van der Waals surface area contributed by atoms with Gasteiger partial charge in [0.25, 0.3) is 0 Å². The van der Waals surface area contributed by atoms with Crippen molar-refractivity contribution in [2.24, 2.45) is 0 Å². The summed E-state index contributed by atoms with van der Waals surface area (Å²) in [5.74, 6) is 0.916. The second-order valence-corrected chi connectivity index (χ2v) is 6.05. The zero-order valence-corrected chi connectivity index (χ0v) is 14.3. The highest BCUT2D eigenvalue weighted by Gasteiger charge is 2.03. The van der Waals surface area contributed by atoms with E-state index in [2.05, 4.69) is 42.6 Å². The van der Waals surface area contributed by atoms with Crippen LogP contribution in [0.15, 0.2) is 36.4 Å². The molecule has 3 heteroatoms. The highest BCUT2D eigenvalue weighted by molar-refractivity contribution is 7.80. The van der Waals surface area contributed by atoms with Gasteiger partial charge in [0.05, 0.1) is 12.1 Å². The van der Waals surface area contributed by atoms with E-state index in [9.17, 15) is 0 Å². The van der Waals surface area contributed by atoms with Gasteiger partial charge < -0.3 is 10.1 Å². The third-order valence-electron chi connectivity index (χ3n) is 3.88. The molecular weight excluding hydrogens is 290 g/mol. The topological polar surface area (TPSA) is 21.3 Å². The quantitative estimate of drug-likeness (QED) is 0.553. The van der Waals surface area contributed by atoms with Crippen molar-refractivity contribution in [1.29, 1.82) is 0 Å². The number of hydrogen-bond acceptors (Lipinski definition) is 2. The Balaban J connectivity index is 1.92. The van der Waals surface area contributed by atoms with Crippen LogP contribution in [0.4, 0.5) is 0 Å². The summed E-state index contributed by atoms with van der Waals surface area (Å²) in [5, 5.41) is 5.92. The smallest absolute Gasteiger partial charge is 0.119 e. The molecule has 0 aliphatic carbocycles. The van der Waals surface area contributed by atoms with Crippen molar-refractivity contribution in [2.75, 3.05) is 13.7 Å². The van der Waals surface area contributed by atoms with Crippen LogP contribution in [0.3, 0.4) is 0 Å². The maximum absolute atomic E-state index is 5.34. The van der Waals surface area contributed by atoms with Gasteiger partial charge in [-0.05, 0) is 54.2 Å². The van der Waals surface area contributed by atoms with Crippen LogP contribution in [0.2, 0.25) is 0 Å². The van der Waals surface area contributed by atoms with Gasteiger partial charge >= 0.3 is 0 Å². The molecule has 0 bridgehead atoms. The summed E-state index contributed by atoms with van der Waals surface area (Å²) in [5.41, 5.74) is 1.37. The van der Waals surface area contributed by atoms with Gasteiger partial charge in [-0.1, -0.05) is 49.8 Å². The molecule has 118 valence electrons. The van der Waals surface area contributed by atoms with Crippen LogP contribution < -0.4 is 10.1 Å². The van der Waals surface area contributed by atoms with E-state index in [4.69, 9.17) is 17.0 Å². The van der Waals surface area contributed by atoms with Crippen molar-refractivity contribution < 1.29 is 4.74 Å². The van der Waals surface area contributed by atoms with Crippen LogP contribution in [0.25, 0.3) is 10.8 Å². The number of unbranched alkanes of at least 4 members (excludes halogenated alkanes) is 1.